The fourth-order valence-corrected chi connectivity index (χ4v) is 4.27. The van der Waals surface area contributed by atoms with Gasteiger partial charge in [0.1, 0.15) is 6.04 Å². The summed E-state index contributed by atoms with van der Waals surface area (Å²) in [5.41, 5.74) is 0.426. The van der Waals surface area contributed by atoms with Crippen LogP contribution in [0.15, 0.2) is 34.6 Å². The second kappa shape index (κ2) is 12.5. The lowest BCUT2D eigenvalue weighted by Crippen LogP contribution is -2.55. The predicted molar refractivity (Wildman–Crippen MR) is 126 cm³/mol. The van der Waals surface area contributed by atoms with Gasteiger partial charge in [0.05, 0.1) is 24.5 Å². The average Bonchev–Trinajstić information content (AvgIpc) is 3.46. The molecule has 0 unspecified atom stereocenters. The summed E-state index contributed by atoms with van der Waals surface area (Å²) in [4.78, 5) is 41.9. The Balaban J connectivity index is 2.20. The fourth-order valence-electron chi connectivity index (χ4n) is 3.74. The Bertz CT molecular complexity index is 864. The van der Waals surface area contributed by atoms with Gasteiger partial charge >= 0.3 is 0 Å². The van der Waals surface area contributed by atoms with Crippen LogP contribution < -0.4 is 10.6 Å². The van der Waals surface area contributed by atoms with Crippen LogP contribution in [-0.2, 0) is 20.8 Å². The summed E-state index contributed by atoms with van der Waals surface area (Å²) in [6.45, 7) is 7.51. The fraction of sp³-hybridized carbons (Fsp3) is 0.565. The van der Waals surface area contributed by atoms with Crippen molar-refractivity contribution in [2.75, 3.05) is 5.32 Å². The van der Waals surface area contributed by atoms with Gasteiger partial charge in [-0.1, -0.05) is 34.1 Å². The molecule has 0 fully saturated rings. The van der Waals surface area contributed by atoms with E-state index in [0.717, 1.165) is 5.56 Å². The maximum absolute atomic E-state index is 13.5. The molecule has 0 saturated carbocycles. The Labute approximate surface area is 198 Å². The minimum Gasteiger partial charge on any atom is -0.472 e. The van der Waals surface area contributed by atoms with Gasteiger partial charge in [-0.2, -0.15) is 0 Å². The molecule has 0 radical (unpaired) electrons. The van der Waals surface area contributed by atoms with Crippen molar-refractivity contribution < 1.29 is 24.0 Å². The molecule has 0 bridgehead atoms. The largest absolute Gasteiger partial charge is 0.472 e. The van der Waals surface area contributed by atoms with E-state index < -0.39 is 23.4 Å². The van der Waals surface area contributed by atoms with Crippen LogP contribution in [0.25, 0.3) is 0 Å². The zero-order chi connectivity index (χ0) is 24.4. The summed E-state index contributed by atoms with van der Waals surface area (Å²) >= 11 is 1.29. The number of carbonyl (C=O) groups is 3. The molecule has 0 spiro atoms. The monoisotopic (exact) mass is 478 g/mol. The third-order valence-corrected chi connectivity index (χ3v) is 6.16. The van der Waals surface area contributed by atoms with Crippen molar-refractivity contribution in [3.63, 3.8) is 0 Å². The van der Waals surface area contributed by atoms with Crippen molar-refractivity contribution in [3.05, 3.63) is 35.7 Å². The number of thiazole rings is 1. The number of aromatic nitrogens is 1. The van der Waals surface area contributed by atoms with E-state index >= 15 is 0 Å². The molecule has 2 aromatic rings. The number of rotatable bonds is 13. The summed E-state index contributed by atoms with van der Waals surface area (Å²) in [6.07, 6.45) is 8.06. The molecule has 10 heteroatoms. The molecule has 3 atom stereocenters. The van der Waals surface area contributed by atoms with E-state index in [1.165, 1.54) is 11.3 Å². The van der Waals surface area contributed by atoms with Crippen LogP contribution in [0.4, 0.5) is 5.13 Å². The van der Waals surface area contributed by atoms with Gasteiger partial charge in [-0.05, 0) is 42.7 Å². The smallest absolute Gasteiger partial charge is 0.249 e. The molecule has 33 heavy (non-hydrogen) atoms. The van der Waals surface area contributed by atoms with Gasteiger partial charge in [-0.15, -0.1) is 11.3 Å². The number of furan rings is 1. The number of nitrogens with zero attached hydrogens (tertiary/aromatic N) is 2. The average molecular weight is 479 g/mol. The molecule has 2 rings (SSSR count). The normalized spacial score (nSPS) is 14.2. The first-order valence-electron chi connectivity index (χ1n) is 11.1. The van der Waals surface area contributed by atoms with E-state index in [1.54, 1.807) is 24.1 Å². The Kier molecular flexibility index (Phi) is 10.1. The summed E-state index contributed by atoms with van der Waals surface area (Å²) < 4.78 is 5.10. The SMILES string of the molecule is CCC[C@@H]([C@@H](CCCc1ccoc1)C(=O)N[C@H](C(=O)Nc1nccs1)C(C)(C)C)N(O)C=O. The zero-order valence-electron chi connectivity index (χ0n) is 19.6. The van der Waals surface area contributed by atoms with Crippen molar-refractivity contribution in [2.24, 2.45) is 11.3 Å². The van der Waals surface area contributed by atoms with Gasteiger partial charge in [0.25, 0.3) is 0 Å². The number of anilines is 1. The number of hydrogen-bond acceptors (Lipinski definition) is 7. The van der Waals surface area contributed by atoms with Crippen LogP contribution in [0.2, 0.25) is 0 Å². The van der Waals surface area contributed by atoms with Crippen LogP contribution in [0.3, 0.4) is 0 Å². The number of nitrogens with one attached hydrogen (secondary N) is 2. The van der Waals surface area contributed by atoms with Crippen LogP contribution in [0.1, 0.15) is 58.9 Å². The van der Waals surface area contributed by atoms with E-state index in [9.17, 15) is 19.6 Å². The number of hydroxylamine groups is 2. The van der Waals surface area contributed by atoms with Crippen LogP contribution >= 0.6 is 11.3 Å². The molecule has 9 nitrogen and oxygen atoms in total. The van der Waals surface area contributed by atoms with Gasteiger partial charge in [0.15, 0.2) is 5.13 Å². The van der Waals surface area contributed by atoms with Gasteiger partial charge < -0.3 is 15.1 Å². The molecule has 3 amide bonds. The molecule has 0 aliphatic rings. The minimum absolute atomic E-state index is 0.326. The topological polar surface area (TPSA) is 125 Å². The molecular formula is C23H34N4O5S. The number of carbonyl (C=O) groups excluding carboxylic acids is 3. The summed E-state index contributed by atoms with van der Waals surface area (Å²) in [5, 5.41) is 18.6. The third-order valence-electron chi connectivity index (χ3n) is 5.47. The summed E-state index contributed by atoms with van der Waals surface area (Å²) in [5.74, 6) is -1.44. The molecule has 182 valence electrons. The molecule has 3 N–H and O–H groups in total. The van der Waals surface area contributed by atoms with Crippen molar-refractivity contribution in [1.29, 1.82) is 0 Å². The zero-order valence-corrected chi connectivity index (χ0v) is 20.4. The maximum atomic E-state index is 13.5. The second-order valence-corrected chi connectivity index (χ2v) is 10.0. The van der Waals surface area contributed by atoms with Crippen LogP contribution in [0, 0.1) is 11.3 Å². The molecule has 2 heterocycles. The number of aryl methyl sites for hydroxylation is 1. The van der Waals surface area contributed by atoms with Gasteiger partial charge in [0, 0.05) is 11.6 Å². The minimum atomic E-state index is -0.837. The van der Waals surface area contributed by atoms with E-state index in [4.69, 9.17) is 4.42 Å². The van der Waals surface area contributed by atoms with E-state index in [1.807, 2.05) is 33.8 Å². The van der Waals surface area contributed by atoms with E-state index in [-0.39, 0.29) is 11.8 Å². The molecule has 0 aromatic carbocycles. The molecule has 0 aliphatic heterocycles. The van der Waals surface area contributed by atoms with Crippen LogP contribution in [-0.4, -0.2) is 45.6 Å². The summed E-state index contributed by atoms with van der Waals surface area (Å²) in [7, 11) is 0. The van der Waals surface area contributed by atoms with Crippen molar-refractivity contribution >= 4 is 34.7 Å². The first-order chi connectivity index (χ1) is 15.7. The standard InChI is InChI=1S/C23H34N4O5S/c1-5-7-18(27(31)15-28)17(9-6-8-16-10-12-32-14-16)20(29)25-19(23(2,3)4)21(30)26-22-24-11-13-33-22/h10-15,17-19,31H,5-9H2,1-4H3,(H,25,29)(H,24,26,30)/t17-,18+,19-/m1/s1. The summed E-state index contributed by atoms with van der Waals surface area (Å²) in [6, 6.07) is 0.330. The lowest BCUT2D eigenvalue weighted by atomic mass is 9.84. The second-order valence-electron chi connectivity index (χ2n) is 9.11. The highest BCUT2D eigenvalue weighted by molar-refractivity contribution is 7.13. The molecular weight excluding hydrogens is 444 g/mol. The lowest BCUT2D eigenvalue weighted by Gasteiger charge is -2.34. The van der Waals surface area contributed by atoms with Crippen molar-refractivity contribution in [2.45, 2.75) is 71.9 Å². The molecule has 2 aromatic heterocycles. The number of amides is 3. The Morgan fingerprint density at radius 3 is 2.61 bits per heavy atom. The van der Waals surface area contributed by atoms with Crippen LogP contribution in [0.5, 0.6) is 0 Å². The van der Waals surface area contributed by atoms with Crippen molar-refractivity contribution in [1.82, 2.24) is 15.4 Å². The lowest BCUT2D eigenvalue weighted by molar-refractivity contribution is -0.169. The van der Waals surface area contributed by atoms with Crippen molar-refractivity contribution in [3.8, 4) is 0 Å². The Hall–Kier alpha value is -2.72. The molecule has 0 saturated heterocycles. The first-order valence-corrected chi connectivity index (χ1v) is 12.0. The van der Waals surface area contributed by atoms with Gasteiger partial charge in [-0.3, -0.25) is 19.6 Å². The van der Waals surface area contributed by atoms with Gasteiger partial charge in [0.2, 0.25) is 18.2 Å². The molecule has 0 aliphatic carbocycles. The highest BCUT2D eigenvalue weighted by atomic mass is 32.1. The number of hydrogen-bond donors (Lipinski definition) is 3. The predicted octanol–water partition coefficient (Wildman–Crippen LogP) is 3.86. The Morgan fingerprint density at radius 2 is 2.06 bits per heavy atom. The van der Waals surface area contributed by atoms with Gasteiger partial charge in [-0.25, -0.2) is 10.0 Å². The first kappa shape index (κ1) is 26.5. The third kappa shape index (κ3) is 7.97. The van der Waals surface area contributed by atoms with E-state index in [0.29, 0.717) is 48.7 Å². The van der Waals surface area contributed by atoms with E-state index in [2.05, 4.69) is 15.6 Å². The highest BCUT2D eigenvalue weighted by Gasteiger charge is 2.38. The highest BCUT2D eigenvalue weighted by Crippen LogP contribution is 2.25. The quantitative estimate of drug-likeness (QED) is 0.228. The Morgan fingerprint density at radius 1 is 1.30 bits per heavy atom. The maximum Gasteiger partial charge on any atom is 0.249 e.